The fourth-order valence-corrected chi connectivity index (χ4v) is 3.89. The number of benzene rings is 1. The summed E-state index contributed by atoms with van der Waals surface area (Å²) in [5.74, 6) is 0.754. The Morgan fingerprint density at radius 2 is 2.04 bits per heavy atom. The second-order valence-corrected chi connectivity index (χ2v) is 7.39. The van der Waals surface area contributed by atoms with E-state index in [0.717, 1.165) is 16.5 Å². The molecule has 0 aliphatic heterocycles. The summed E-state index contributed by atoms with van der Waals surface area (Å²) >= 11 is 1.24. The smallest absolute Gasteiger partial charge is 0.325 e. The minimum Gasteiger partial charge on any atom is -0.410 e. The fraction of sp³-hybridized carbons (Fsp3) is 0.222. The highest BCUT2D eigenvalue weighted by atomic mass is 32.2. The number of aromatic amines is 3. The second-order valence-electron chi connectivity index (χ2n) is 6.47. The molecule has 3 heterocycles. The van der Waals surface area contributed by atoms with Crippen molar-refractivity contribution < 1.29 is 10.2 Å². The van der Waals surface area contributed by atoms with Gasteiger partial charge in [-0.05, 0) is 18.6 Å². The summed E-state index contributed by atoms with van der Waals surface area (Å²) in [6.07, 6.45) is 2.63. The molecule has 28 heavy (non-hydrogen) atoms. The van der Waals surface area contributed by atoms with Crippen LogP contribution in [0.3, 0.4) is 0 Å². The monoisotopic (exact) mass is 399 g/mol. The Bertz CT molecular complexity index is 1240. The third kappa shape index (κ3) is 3.64. The Hall–Kier alpha value is -3.11. The number of rotatable bonds is 6. The van der Waals surface area contributed by atoms with Gasteiger partial charge >= 0.3 is 5.69 Å². The molecule has 3 aromatic heterocycles. The number of aryl methyl sites for hydroxylation is 1. The van der Waals surface area contributed by atoms with Crippen LogP contribution in [0.15, 0.2) is 49.7 Å². The number of H-pyrrole nitrogens is 3. The van der Waals surface area contributed by atoms with Gasteiger partial charge in [-0.1, -0.05) is 30.0 Å². The molecule has 1 unspecified atom stereocenters. The van der Waals surface area contributed by atoms with E-state index in [1.54, 1.807) is 6.92 Å². The quantitative estimate of drug-likeness (QED) is 0.356. The first-order valence-corrected chi connectivity index (χ1v) is 9.66. The van der Waals surface area contributed by atoms with E-state index in [4.69, 9.17) is 4.42 Å². The Morgan fingerprint density at radius 1 is 1.21 bits per heavy atom. The molecule has 0 fully saturated rings. The zero-order chi connectivity index (χ0) is 19.7. The zero-order valence-corrected chi connectivity index (χ0v) is 15.9. The molecule has 0 aliphatic carbocycles. The van der Waals surface area contributed by atoms with Gasteiger partial charge in [0.15, 0.2) is 6.04 Å². The molecular weight excluding hydrogens is 380 g/mol. The van der Waals surface area contributed by atoms with Crippen molar-refractivity contribution in [3.05, 3.63) is 74.0 Å². The molecule has 0 saturated carbocycles. The summed E-state index contributed by atoms with van der Waals surface area (Å²) in [4.78, 5) is 31.2. The van der Waals surface area contributed by atoms with E-state index in [0.29, 0.717) is 34.5 Å². The van der Waals surface area contributed by atoms with Gasteiger partial charge in [-0.25, -0.2) is 4.79 Å². The molecule has 0 bridgehead atoms. The highest BCUT2D eigenvalue weighted by Gasteiger charge is 2.20. The average molecular weight is 399 g/mol. The van der Waals surface area contributed by atoms with Crippen molar-refractivity contribution in [2.75, 3.05) is 0 Å². The van der Waals surface area contributed by atoms with Gasteiger partial charge in [-0.3, -0.25) is 9.78 Å². The molecule has 4 rings (SSSR count). The lowest BCUT2D eigenvalue weighted by molar-refractivity contribution is -0.431. The van der Waals surface area contributed by atoms with Crippen LogP contribution in [0.2, 0.25) is 0 Å². The number of hydrogen-bond donors (Lipinski definition) is 4. The van der Waals surface area contributed by atoms with Crippen molar-refractivity contribution >= 4 is 22.7 Å². The molecule has 0 amide bonds. The van der Waals surface area contributed by atoms with Crippen LogP contribution in [-0.4, -0.2) is 25.1 Å². The van der Waals surface area contributed by atoms with E-state index < -0.39 is 11.2 Å². The SMILES string of the molecule is Cc1[nH]c(=O)[nH]c(=O)c1CSc1nnc(C([NH3+])Cc2c[nH]c3ccccc23)o1. The van der Waals surface area contributed by atoms with Gasteiger partial charge in [-0.2, -0.15) is 0 Å². The maximum absolute atomic E-state index is 11.9. The fourth-order valence-electron chi connectivity index (χ4n) is 3.03. The first-order chi connectivity index (χ1) is 13.5. The Morgan fingerprint density at radius 3 is 2.86 bits per heavy atom. The number of fused-ring (bicyclic) bond motifs is 1. The van der Waals surface area contributed by atoms with Gasteiger partial charge in [0.1, 0.15) is 0 Å². The van der Waals surface area contributed by atoms with E-state index in [2.05, 4.69) is 36.9 Å². The molecule has 10 heteroatoms. The summed E-state index contributed by atoms with van der Waals surface area (Å²) in [6.45, 7) is 1.68. The number of nitrogens with one attached hydrogen (secondary N) is 3. The molecule has 0 saturated heterocycles. The van der Waals surface area contributed by atoms with Crippen LogP contribution >= 0.6 is 11.8 Å². The maximum atomic E-state index is 11.9. The molecule has 4 aromatic rings. The van der Waals surface area contributed by atoms with E-state index in [1.807, 2.05) is 24.4 Å². The van der Waals surface area contributed by atoms with Crippen molar-refractivity contribution in [1.29, 1.82) is 0 Å². The Kier molecular flexibility index (Phi) is 4.88. The highest BCUT2D eigenvalue weighted by Crippen LogP contribution is 2.25. The average Bonchev–Trinajstić information content (AvgIpc) is 3.28. The van der Waals surface area contributed by atoms with Gasteiger partial charge in [0.25, 0.3) is 16.7 Å². The van der Waals surface area contributed by atoms with Gasteiger partial charge in [0.05, 0.1) is 0 Å². The Balaban J connectivity index is 1.45. The topological polar surface area (TPSA) is 148 Å². The minimum atomic E-state index is -0.520. The van der Waals surface area contributed by atoms with Crippen molar-refractivity contribution in [3.63, 3.8) is 0 Å². The van der Waals surface area contributed by atoms with Crippen molar-refractivity contribution in [1.82, 2.24) is 25.1 Å². The molecule has 0 radical (unpaired) electrons. The number of thioether (sulfide) groups is 1. The van der Waals surface area contributed by atoms with Crippen LogP contribution in [0.5, 0.6) is 0 Å². The molecule has 9 nitrogen and oxygen atoms in total. The predicted octanol–water partition coefficient (Wildman–Crippen LogP) is 1.05. The first kappa shape index (κ1) is 18.3. The van der Waals surface area contributed by atoms with Gasteiger partial charge in [0, 0.05) is 40.5 Å². The third-order valence-electron chi connectivity index (χ3n) is 4.51. The number of hydrogen-bond acceptors (Lipinski definition) is 6. The maximum Gasteiger partial charge on any atom is 0.325 e. The van der Waals surface area contributed by atoms with Crippen molar-refractivity contribution in [2.45, 2.75) is 30.4 Å². The second kappa shape index (κ2) is 7.49. The first-order valence-electron chi connectivity index (χ1n) is 8.67. The van der Waals surface area contributed by atoms with Crippen LogP contribution in [0.25, 0.3) is 10.9 Å². The van der Waals surface area contributed by atoms with Gasteiger partial charge in [0.2, 0.25) is 0 Å². The lowest BCUT2D eigenvalue weighted by Crippen LogP contribution is -2.54. The molecule has 1 aromatic carbocycles. The lowest BCUT2D eigenvalue weighted by atomic mass is 10.1. The Labute approximate surface area is 162 Å². The predicted molar refractivity (Wildman–Crippen MR) is 104 cm³/mol. The van der Waals surface area contributed by atoms with Crippen LogP contribution < -0.4 is 17.0 Å². The number of aromatic nitrogens is 5. The summed E-state index contributed by atoms with van der Waals surface area (Å²) in [6, 6.07) is 7.88. The van der Waals surface area contributed by atoms with E-state index in [9.17, 15) is 9.59 Å². The van der Waals surface area contributed by atoms with E-state index in [-0.39, 0.29) is 6.04 Å². The van der Waals surface area contributed by atoms with Crippen molar-refractivity contribution in [3.8, 4) is 0 Å². The van der Waals surface area contributed by atoms with Gasteiger partial charge < -0.3 is 20.1 Å². The normalized spacial score (nSPS) is 12.5. The molecule has 0 aliphatic rings. The van der Waals surface area contributed by atoms with Crippen LogP contribution in [0.4, 0.5) is 0 Å². The number of quaternary nitrogens is 1. The molecule has 1 atom stereocenters. The summed E-state index contributed by atoms with van der Waals surface area (Å²) in [5, 5.41) is 9.63. The highest BCUT2D eigenvalue weighted by molar-refractivity contribution is 7.98. The summed E-state index contributed by atoms with van der Waals surface area (Å²) in [5.41, 5.74) is 6.42. The summed E-state index contributed by atoms with van der Waals surface area (Å²) < 4.78 is 5.72. The van der Waals surface area contributed by atoms with Gasteiger partial charge in [-0.15, -0.1) is 10.2 Å². The zero-order valence-electron chi connectivity index (χ0n) is 15.1. The van der Waals surface area contributed by atoms with Crippen LogP contribution in [-0.2, 0) is 12.2 Å². The molecule has 6 N–H and O–H groups in total. The largest absolute Gasteiger partial charge is 0.410 e. The number of nitrogens with zero attached hydrogens (tertiary/aromatic N) is 2. The van der Waals surface area contributed by atoms with E-state index in [1.165, 1.54) is 11.8 Å². The summed E-state index contributed by atoms with van der Waals surface area (Å²) in [7, 11) is 0. The molecular formula is C18H19N6O3S+. The molecule has 0 spiro atoms. The standard InChI is InChI=1S/C18H18N6O3S/c1-9-12(15(25)22-17(26)21-9)8-28-18-24-23-16(27-18)13(19)6-10-7-20-14-5-3-2-4-11(10)14/h2-5,7,13,20H,6,8,19H2,1H3,(H2,21,22,25,26)/p+1. The third-order valence-corrected chi connectivity index (χ3v) is 5.35. The lowest BCUT2D eigenvalue weighted by Gasteiger charge is -2.03. The van der Waals surface area contributed by atoms with E-state index >= 15 is 0 Å². The minimum absolute atomic E-state index is 0.195. The van der Waals surface area contributed by atoms with Crippen molar-refractivity contribution in [2.24, 2.45) is 0 Å². The number of para-hydroxylation sites is 1. The van der Waals surface area contributed by atoms with Crippen LogP contribution in [0.1, 0.15) is 28.8 Å². The van der Waals surface area contributed by atoms with Crippen LogP contribution in [0, 0.1) is 6.92 Å². The molecule has 144 valence electrons.